The van der Waals surface area contributed by atoms with E-state index in [1.165, 1.54) is 16.7 Å². The van der Waals surface area contributed by atoms with E-state index in [2.05, 4.69) is 42.0 Å². The molecule has 2 aromatic rings. The van der Waals surface area contributed by atoms with E-state index in [0.29, 0.717) is 4.77 Å². The van der Waals surface area contributed by atoms with E-state index in [0.717, 1.165) is 11.4 Å². The topological polar surface area (TPSA) is 31.6 Å². The molecule has 0 saturated carbocycles. The number of H-pyrrole nitrogens is 2. The molecule has 0 unspecified atom stereocenters. The molecule has 1 heterocycles. The van der Waals surface area contributed by atoms with Gasteiger partial charge in [-0.15, -0.1) is 0 Å². The van der Waals surface area contributed by atoms with E-state index in [-0.39, 0.29) is 0 Å². The third kappa shape index (κ3) is 1.88. The van der Waals surface area contributed by atoms with Crippen molar-refractivity contribution in [3.63, 3.8) is 0 Å². The van der Waals surface area contributed by atoms with Crippen molar-refractivity contribution in [2.75, 3.05) is 0 Å². The summed E-state index contributed by atoms with van der Waals surface area (Å²) in [7, 11) is 0. The number of imidazole rings is 1. The molecule has 78 valence electrons. The fourth-order valence-corrected chi connectivity index (χ4v) is 2.00. The molecule has 0 aliphatic heterocycles. The lowest BCUT2D eigenvalue weighted by Crippen LogP contribution is -1.87. The molecule has 0 saturated heterocycles. The highest BCUT2D eigenvalue weighted by Gasteiger charge is 2.07. The molecule has 0 aliphatic carbocycles. The molecule has 0 aliphatic rings. The van der Waals surface area contributed by atoms with Crippen molar-refractivity contribution in [3.05, 3.63) is 39.8 Å². The number of benzene rings is 1. The summed E-state index contributed by atoms with van der Waals surface area (Å²) in [6.45, 7) is 6.24. The molecule has 2 rings (SSSR count). The number of nitrogens with one attached hydrogen (secondary N) is 2. The van der Waals surface area contributed by atoms with Crippen molar-refractivity contribution >= 4 is 12.2 Å². The summed E-state index contributed by atoms with van der Waals surface area (Å²) in [5.74, 6) is 0. The zero-order valence-electron chi connectivity index (χ0n) is 9.14. The smallest absolute Gasteiger partial charge is 0.175 e. The first-order valence-electron chi connectivity index (χ1n) is 4.94. The average Bonchev–Trinajstić information content (AvgIpc) is 2.50. The first-order valence-corrected chi connectivity index (χ1v) is 5.35. The Hall–Kier alpha value is -1.35. The van der Waals surface area contributed by atoms with Crippen LogP contribution in [0.5, 0.6) is 0 Å². The summed E-state index contributed by atoms with van der Waals surface area (Å²) in [5, 5.41) is 0. The average molecular weight is 218 g/mol. The highest BCUT2D eigenvalue weighted by atomic mass is 32.1. The molecular weight excluding hydrogens is 204 g/mol. The van der Waals surface area contributed by atoms with Crippen LogP contribution in [0.25, 0.3) is 11.3 Å². The summed E-state index contributed by atoms with van der Waals surface area (Å²) in [6.07, 6.45) is 0. The Labute approximate surface area is 94.4 Å². The van der Waals surface area contributed by atoms with Gasteiger partial charge in [-0.1, -0.05) is 17.7 Å². The van der Waals surface area contributed by atoms with Crippen molar-refractivity contribution < 1.29 is 0 Å². The molecule has 2 nitrogen and oxygen atoms in total. The van der Waals surface area contributed by atoms with Crippen LogP contribution in [0.3, 0.4) is 0 Å². The van der Waals surface area contributed by atoms with Crippen molar-refractivity contribution in [1.82, 2.24) is 9.97 Å². The quantitative estimate of drug-likeness (QED) is 0.703. The van der Waals surface area contributed by atoms with Gasteiger partial charge < -0.3 is 9.97 Å². The molecule has 0 amide bonds. The van der Waals surface area contributed by atoms with Crippen LogP contribution in [0.1, 0.15) is 16.8 Å². The molecule has 0 fully saturated rings. The third-order valence-electron chi connectivity index (χ3n) is 2.58. The number of hydrogen-bond acceptors (Lipinski definition) is 1. The van der Waals surface area contributed by atoms with Crippen molar-refractivity contribution in [2.45, 2.75) is 20.8 Å². The van der Waals surface area contributed by atoms with Gasteiger partial charge in [0, 0.05) is 11.3 Å². The second kappa shape index (κ2) is 3.66. The summed E-state index contributed by atoms with van der Waals surface area (Å²) in [6, 6.07) is 6.43. The van der Waals surface area contributed by atoms with E-state index in [4.69, 9.17) is 12.2 Å². The SMILES string of the molecule is Cc1ccc(C)c(-c2[nH]c(=S)[nH]c2C)c1. The van der Waals surface area contributed by atoms with E-state index in [9.17, 15) is 0 Å². The van der Waals surface area contributed by atoms with Crippen LogP contribution in [0.4, 0.5) is 0 Å². The number of rotatable bonds is 1. The maximum absolute atomic E-state index is 5.09. The van der Waals surface area contributed by atoms with Gasteiger partial charge in [-0.05, 0) is 44.6 Å². The van der Waals surface area contributed by atoms with E-state index in [1.54, 1.807) is 0 Å². The van der Waals surface area contributed by atoms with E-state index < -0.39 is 0 Å². The molecule has 3 heteroatoms. The predicted octanol–water partition coefficient (Wildman–Crippen LogP) is 3.66. The predicted molar refractivity (Wildman–Crippen MR) is 65.6 cm³/mol. The zero-order chi connectivity index (χ0) is 11.0. The second-order valence-corrected chi connectivity index (χ2v) is 4.31. The van der Waals surface area contributed by atoms with Crippen LogP contribution in [0.2, 0.25) is 0 Å². The summed E-state index contributed by atoms with van der Waals surface area (Å²) in [5.41, 5.74) is 5.93. The van der Waals surface area contributed by atoms with Gasteiger partial charge in [0.1, 0.15) is 0 Å². The highest BCUT2D eigenvalue weighted by molar-refractivity contribution is 7.71. The minimum Gasteiger partial charge on any atom is -0.334 e. The Morgan fingerprint density at radius 2 is 1.80 bits per heavy atom. The number of aromatic nitrogens is 2. The molecule has 2 N–H and O–H groups in total. The van der Waals surface area contributed by atoms with Gasteiger partial charge in [0.05, 0.1) is 5.69 Å². The van der Waals surface area contributed by atoms with Crippen LogP contribution in [-0.2, 0) is 0 Å². The number of hydrogen-bond donors (Lipinski definition) is 2. The third-order valence-corrected chi connectivity index (χ3v) is 2.78. The zero-order valence-corrected chi connectivity index (χ0v) is 9.96. The van der Waals surface area contributed by atoms with Crippen LogP contribution in [0.15, 0.2) is 18.2 Å². The Morgan fingerprint density at radius 1 is 1.07 bits per heavy atom. The minimum absolute atomic E-state index is 0.684. The Bertz CT molecular complexity index is 549. The minimum atomic E-state index is 0.684. The Balaban J connectivity index is 2.68. The highest BCUT2D eigenvalue weighted by Crippen LogP contribution is 2.24. The standard InChI is InChI=1S/C12H14N2S/c1-7-4-5-8(2)10(6-7)11-9(3)13-12(15)14-11/h4-6H,1-3H3,(H2,13,14,15). The van der Waals surface area contributed by atoms with Crippen molar-refractivity contribution in [1.29, 1.82) is 0 Å². The monoisotopic (exact) mass is 218 g/mol. The van der Waals surface area contributed by atoms with E-state index in [1.807, 2.05) is 6.92 Å². The summed E-state index contributed by atoms with van der Waals surface area (Å²) >= 11 is 5.09. The van der Waals surface area contributed by atoms with Gasteiger partial charge in [0.15, 0.2) is 4.77 Å². The molecule has 15 heavy (non-hydrogen) atoms. The number of aryl methyl sites for hydroxylation is 3. The van der Waals surface area contributed by atoms with Crippen LogP contribution < -0.4 is 0 Å². The molecular formula is C12H14N2S. The maximum atomic E-state index is 5.09. The van der Waals surface area contributed by atoms with Crippen molar-refractivity contribution in [3.8, 4) is 11.3 Å². The van der Waals surface area contributed by atoms with Gasteiger partial charge in [-0.2, -0.15) is 0 Å². The second-order valence-electron chi connectivity index (χ2n) is 3.90. The molecule has 0 atom stereocenters. The Kier molecular flexibility index (Phi) is 2.49. The number of aromatic amines is 2. The van der Waals surface area contributed by atoms with Crippen LogP contribution >= 0.6 is 12.2 Å². The Morgan fingerprint density at radius 3 is 2.40 bits per heavy atom. The van der Waals surface area contributed by atoms with Crippen molar-refractivity contribution in [2.24, 2.45) is 0 Å². The molecule has 0 bridgehead atoms. The lowest BCUT2D eigenvalue weighted by molar-refractivity contribution is 1.22. The summed E-state index contributed by atoms with van der Waals surface area (Å²) in [4.78, 5) is 6.30. The fraction of sp³-hybridized carbons (Fsp3) is 0.250. The lowest BCUT2D eigenvalue weighted by atomic mass is 10.0. The largest absolute Gasteiger partial charge is 0.334 e. The molecule has 0 radical (unpaired) electrons. The fourth-order valence-electron chi connectivity index (χ4n) is 1.75. The van der Waals surface area contributed by atoms with Gasteiger partial charge in [0.2, 0.25) is 0 Å². The first-order chi connectivity index (χ1) is 7.08. The normalized spacial score (nSPS) is 10.6. The summed E-state index contributed by atoms with van der Waals surface area (Å²) < 4.78 is 0.684. The van der Waals surface area contributed by atoms with Gasteiger partial charge in [0.25, 0.3) is 0 Å². The molecule has 1 aromatic carbocycles. The molecule has 1 aromatic heterocycles. The van der Waals surface area contributed by atoms with Crippen LogP contribution in [-0.4, -0.2) is 9.97 Å². The van der Waals surface area contributed by atoms with Gasteiger partial charge >= 0.3 is 0 Å². The van der Waals surface area contributed by atoms with Gasteiger partial charge in [-0.3, -0.25) is 0 Å². The maximum Gasteiger partial charge on any atom is 0.175 e. The van der Waals surface area contributed by atoms with Crippen LogP contribution in [0, 0.1) is 25.5 Å². The van der Waals surface area contributed by atoms with E-state index >= 15 is 0 Å². The van der Waals surface area contributed by atoms with Gasteiger partial charge in [-0.25, -0.2) is 0 Å². The lowest BCUT2D eigenvalue weighted by Gasteiger charge is -2.05. The first kappa shape index (κ1) is 10.2. The molecule has 0 spiro atoms.